The summed E-state index contributed by atoms with van der Waals surface area (Å²) in [5.41, 5.74) is -0.911. The Hall–Kier alpha value is -2.03. The lowest BCUT2D eigenvalue weighted by Crippen LogP contribution is -2.25. The van der Waals surface area contributed by atoms with E-state index in [9.17, 15) is 18.0 Å². The molecule has 1 amide bonds. The molecule has 2 heterocycles. The molecule has 0 saturated carbocycles. The Bertz CT molecular complexity index is 676. The summed E-state index contributed by atoms with van der Waals surface area (Å²) in [6.07, 6.45) is -1.50. The number of aromatic nitrogens is 4. The van der Waals surface area contributed by atoms with Gasteiger partial charge >= 0.3 is 6.18 Å². The number of nitrogens with zero attached hydrogens (tertiary/aromatic N) is 4. The summed E-state index contributed by atoms with van der Waals surface area (Å²) in [5.74, 6) is -0.741. The van der Waals surface area contributed by atoms with Crippen LogP contribution in [0.15, 0.2) is 12.4 Å². The molecule has 1 N–H and O–H groups in total. The number of amides is 1. The highest BCUT2D eigenvalue weighted by molar-refractivity contribution is 6.34. The van der Waals surface area contributed by atoms with Crippen molar-refractivity contribution in [2.24, 2.45) is 14.1 Å². The number of halogens is 4. The molecule has 10 heteroatoms. The predicted octanol–water partition coefficient (Wildman–Crippen LogP) is 1.76. The third-order valence-electron chi connectivity index (χ3n) is 2.68. The molecule has 2 aromatic heterocycles. The zero-order valence-corrected chi connectivity index (χ0v) is 11.8. The molecule has 0 atom stereocenters. The minimum absolute atomic E-state index is 0.121. The van der Waals surface area contributed by atoms with Gasteiger partial charge in [0.05, 0.1) is 6.20 Å². The summed E-state index contributed by atoms with van der Waals surface area (Å²) in [5, 5.41) is 8.91. The Morgan fingerprint density at radius 2 is 2.10 bits per heavy atom. The van der Waals surface area contributed by atoms with Gasteiger partial charge in [0, 0.05) is 32.4 Å². The predicted molar refractivity (Wildman–Crippen MR) is 67.6 cm³/mol. The van der Waals surface area contributed by atoms with Gasteiger partial charge in [0.1, 0.15) is 10.7 Å². The molecule has 21 heavy (non-hydrogen) atoms. The van der Waals surface area contributed by atoms with Gasteiger partial charge in [-0.15, -0.1) is 0 Å². The smallest absolute Gasteiger partial charge is 0.346 e. The number of alkyl halides is 3. The summed E-state index contributed by atoms with van der Waals surface area (Å²) in [6.45, 7) is 0.121. The maximum atomic E-state index is 12.7. The maximum absolute atomic E-state index is 12.7. The normalized spacial score (nSPS) is 11.7. The number of rotatable bonds is 3. The molecule has 0 aliphatic heterocycles. The Kier molecular flexibility index (Phi) is 3.95. The monoisotopic (exact) mass is 321 g/mol. The molecular formula is C11H11ClF3N5O. The molecule has 0 aliphatic carbocycles. The van der Waals surface area contributed by atoms with E-state index in [1.165, 1.54) is 13.2 Å². The van der Waals surface area contributed by atoms with Crippen LogP contribution in [-0.4, -0.2) is 25.5 Å². The van der Waals surface area contributed by atoms with Gasteiger partial charge in [-0.25, -0.2) is 0 Å². The average Bonchev–Trinajstić information content (AvgIpc) is 2.90. The summed E-state index contributed by atoms with van der Waals surface area (Å²) in [7, 11) is 2.93. The highest BCUT2D eigenvalue weighted by Crippen LogP contribution is 2.35. The number of carbonyl (C=O) groups is 1. The first kappa shape index (κ1) is 15.4. The van der Waals surface area contributed by atoms with Crippen molar-refractivity contribution in [3.05, 3.63) is 34.4 Å². The van der Waals surface area contributed by atoms with Crippen molar-refractivity contribution in [3.63, 3.8) is 0 Å². The van der Waals surface area contributed by atoms with E-state index in [0.717, 1.165) is 4.68 Å². The van der Waals surface area contributed by atoms with E-state index in [1.54, 1.807) is 17.9 Å². The Morgan fingerprint density at radius 3 is 2.57 bits per heavy atom. The minimum Gasteiger partial charge on any atom is -0.346 e. The third-order valence-corrected chi connectivity index (χ3v) is 3.04. The molecule has 6 nitrogen and oxygen atoms in total. The second-order valence-corrected chi connectivity index (χ2v) is 4.72. The highest BCUT2D eigenvalue weighted by atomic mass is 35.5. The molecule has 0 bridgehead atoms. The zero-order chi connectivity index (χ0) is 15.8. The zero-order valence-electron chi connectivity index (χ0n) is 11.1. The molecule has 0 radical (unpaired) electrons. The lowest BCUT2D eigenvalue weighted by molar-refractivity contribution is -0.141. The standard InChI is InChI=1S/C11H11ClF3N5O/c1-19-5-6(4-17-19)3-16-10(21)8-7(12)9(11(13,14)15)18-20(8)2/h4-5H,3H2,1-2H3,(H,16,21). The van der Waals surface area contributed by atoms with Crippen molar-refractivity contribution in [1.29, 1.82) is 0 Å². The van der Waals surface area contributed by atoms with Gasteiger partial charge in [-0.05, 0) is 0 Å². The van der Waals surface area contributed by atoms with Crippen LogP contribution in [-0.2, 0) is 26.8 Å². The van der Waals surface area contributed by atoms with Crippen LogP contribution in [0.5, 0.6) is 0 Å². The summed E-state index contributed by atoms with van der Waals surface area (Å²) >= 11 is 5.61. The van der Waals surface area contributed by atoms with Crippen LogP contribution in [0.25, 0.3) is 0 Å². The molecule has 2 aromatic rings. The quantitative estimate of drug-likeness (QED) is 0.937. The molecular weight excluding hydrogens is 311 g/mol. The lowest BCUT2D eigenvalue weighted by atomic mass is 10.3. The van der Waals surface area contributed by atoms with Crippen molar-refractivity contribution >= 4 is 17.5 Å². The molecule has 0 fully saturated rings. The van der Waals surface area contributed by atoms with Crippen molar-refractivity contribution in [2.45, 2.75) is 12.7 Å². The van der Waals surface area contributed by atoms with Crippen LogP contribution in [0.3, 0.4) is 0 Å². The average molecular weight is 322 g/mol. The topological polar surface area (TPSA) is 64.7 Å². The van der Waals surface area contributed by atoms with E-state index in [2.05, 4.69) is 15.5 Å². The highest BCUT2D eigenvalue weighted by Gasteiger charge is 2.39. The van der Waals surface area contributed by atoms with Crippen molar-refractivity contribution in [3.8, 4) is 0 Å². The van der Waals surface area contributed by atoms with Crippen molar-refractivity contribution in [1.82, 2.24) is 24.9 Å². The summed E-state index contributed by atoms with van der Waals surface area (Å²) < 4.78 is 40.3. The number of carbonyl (C=O) groups excluding carboxylic acids is 1. The van der Waals surface area contributed by atoms with Gasteiger partial charge < -0.3 is 5.32 Å². The van der Waals surface area contributed by atoms with Gasteiger partial charge in [0.15, 0.2) is 5.69 Å². The van der Waals surface area contributed by atoms with E-state index < -0.39 is 22.8 Å². The van der Waals surface area contributed by atoms with Crippen LogP contribution in [0.2, 0.25) is 5.02 Å². The Labute approximate surface area is 122 Å². The fourth-order valence-electron chi connectivity index (χ4n) is 1.76. The SMILES string of the molecule is Cn1cc(CNC(=O)c2c(Cl)c(C(F)(F)F)nn2C)cn1. The lowest BCUT2D eigenvalue weighted by Gasteiger charge is -2.04. The fraction of sp³-hybridized carbons (Fsp3) is 0.364. The summed E-state index contributed by atoms with van der Waals surface area (Å²) in [4.78, 5) is 12.0. The first-order chi connectivity index (χ1) is 9.70. The van der Waals surface area contributed by atoms with Gasteiger partial charge in [-0.3, -0.25) is 14.2 Å². The fourth-order valence-corrected chi connectivity index (χ4v) is 2.11. The van der Waals surface area contributed by atoms with Crippen LogP contribution < -0.4 is 5.32 Å². The number of nitrogens with one attached hydrogen (secondary N) is 1. The van der Waals surface area contributed by atoms with E-state index in [0.29, 0.717) is 5.56 Å². The number of hydrogen-bond acceptors (Lipinski definition) is 3. The molecule has 0 spiro atoms. The van der Waals surface area contributed by atoms with E-state index in [1.807, 2.05) is 0 Å². The first-order valence-electron chi connectivity index (χ1n) is 5.75. The van der Waals surface area contributed by atoms with Gasteiger partial charge in [-0.2, -0.15) is 23.4 Å². The molecule has 0 saturated heterocycles. The number of aryl methyl sites for hydroxylation is 2. The molecule has 0 aliphatic rings. The summed E-state index contributed by atoms with van der Waals surface area (Å²) in [6, 6.07) is 0. The van der Waals surface area contributed by atoms with Crippen LogP contribution >= 0.6 is 11.6 Å². The molecule has 2 rings (SSSR count). The Morgan fingerprint density at radius 1 is 1.43 bits per heavy atom. The molecule has 0 aromatic carbocycles. The van der Waals surface area contributed by atoms with E-state index in [4.69, 9.17) is 11.6 Å². The van der Waals surface area contributed by atoms with Gasteiger partial charge in [-0.1, -0.05) is 11.6 Å². The second-order valence-electron chi connectivity index (χ2n) is 4.34. The van der Waals surface area contributed by atoms with Crippen molar-refractivity contribution in [2.75, 3.05) is 0 Å². The van der Waals surface area contributed by atoms with Crippen LogP contribution in [0, 0.1) is 0 Å². The van der Waals surface area contributed by atoms with Crippen molar-refractivity contribution < 1.29 is 18.0 Å². The Balaban J connectivity index is 2.18. The molecule has 0 unspecified atom stereocenters. The number of hydrogen-bond donors (Lipinski definition) is 1. The first-order valence-corrected chi connectivity index (χ1v) is 6.13. The van der Waals surface area contributed by atoms with Gasteiger partial charge in [0.2, 0.25) is 0 Å². The maximum Gasteiger partial charge on any atom is 0.436 e. The van der Waals surface area contributed by atoms with Crippen LogP contribution in [0.1, 0.15) is 21.7 Å². The minimum atomic E-state index is -4.71. The molecule has 114 valence electrons. The second kappa shape index (κ2) is 5.40. The van der Waals surface area contributed by atoms with Gasteiger partial charge in [0.25, 0.3) is 5.91 Å². The van der Waals surface area contributed by atoms with Crippen LogP contribution in [0.4, 0.5) is 13.2 Å². The third kappa shape index (κ3) is 3.18. The van der Waals surface area contributed by atoms with E-state index in [-0.39, 0.29) is 12.2 Å². The van der Waals surface area contributed by atoms with E-state index >= 15 is 0 Å². The largest absolute Gasteiger partial charge is 0.436 e.